The second-order valence-corrected chi connectivity index (χ2v) is 8.42. The van der Waals surface area contributed by atoms with E-state index in [0.717, 1.165) is 30.6 Å². The second kappa shape index (κ2) is 6.43. The lowest BCUT2D eigenvalue weighted by Crippen LogP contribution is -2.31. The maximum absolute atomic E-state index is 11.9. The van der Waals surface area contributed by atoms with Gasteiger partial charge < -0.3 is 10.1 Å². The van der Waals surface area contributed by atoms with Crippen LogP contribution in [0.4, 0.5) is 0 Å². The molecule has 0 saturated heterocycles. The van der Waals surface area contributed by atoms with E-state index < -0.39 is 10.0 Å². The van der Waals surface area contributed by atoms with Gasteiger partial charge >= 0.3 is 0 Å². The molecule has 1 aliphatic carbocycles. The molecule has 0 bridgehead atoms. The Kier molecular flexibility index (Phi) is 5.03. The first-order valence-electron chi connectivity index (χ1n) is 6.72. The SMILES string of the molecule is COCCC1(CNC(=O)Cc2ccc(S(N)(=O)=O)s2)CC1. The minimum atomic E-state index is -3.68. The van der Waals surface area contributed by atoms with E-state index >= 15 is 0 Å². The van der Waals surface area contributed by atoms with Crippen molar-refractivity contribution in [1.29, 1.82) is 0 Å². The summed E-state index contributed by atoms with van der Waals surface area (Å²) in [6.07, 6.45) is 3.37. The van der Waals surface area contributed by atoms with Gasteiger partial charge in [-0.15, -0.1) is 11.3 Å². The lowest BCUT2D eigenvalue weighted by Gasteiger charge is -2.15. The van der Waals surface area contributed by atoms with Crippen molar-refractivity contribution in [3.8, 4) is 0 Å². The van der Waals surface area contributed by atoms with Gasteiger partial charge in [0.2, 0.25) is 15.9 Å². The minimum Gasteiger partial charge on any atom is -0.385 e. The van der Waals surface area contributed by atoms with Crippen LogP contribution in [0.2, 0.25) is 0 Å². The van der Waals surface area contributed by atoms with Crippen molar-refractivity contribution < 1.29 is 17.9 Å². The van der Waals surface area contributed by atoms with E-state index in [4.69, 9.17) is 9.88 Å². The average molecular weight is 332 g/mol. The summed E-state index contributed by atoms with van der Waals surface area (Å²) in [6, 6.07) is 3.06. The van der Waals surface area contributed by atoms with Gasteiger partial charge in [0.1, 0.15) is 4.21 Å². The van der Waals surface area contributed by atoms with Crippen LogP contribution in [0.1, 0.15) is 24.1 Å². The number of sulfonamides is 1. The topological polar surface area (TPSA) is 98.5 Å². The number of hydrogen-bond donors (Lipinski definition) is 2. The fourth-order valence-electron chi connectivity index (χ4n) is 2.12. The highest BCUT2D eigenvalue weighted by atomic mass is 32.2. The number of nitrogens with one attached hydrogen (secondary N) is 1. The molecule has 0 aromatic carbocycles. The zero-order valence-electron chi connectivity index (χ0n) is 11.9. The van der Waals surface area contributed by atoms with Gasteiger partial charge in [0.05, 0.1) is 6.42 Å². The first kappa shape index (κ1) is 16.4. The van der Waals surface area contributed by atoms with E-state index in [1.165, 1.54) is 6.07 Å². The van der Waals surface area contributed by atoms with Crippen LogP contribution in [0.15, 0.2) is 16.3 Å². The molecule has 1 aliphatic rings. The van der Waals surface area contributed by atoms with Gasteiger partial charge in [-0.1, -0.05) is 0 Å². The molecule has 0 unspecified atom stereocenters. The average Bonchev–Trinajstić information content (AvgIpc) is 3.02. The van der Waals surface area contributed by atoms with Crippen molar-refractivity contribution in [2.45, 2.75) is 29.9 Å². The third-order valence-corrected chi connectivity index (χ3v) is 6.23. The fourth-order valence-corrected chi connectivity index (χ4v) is 3.90. The Balaban J connectivity index is 1.81. The summed E-state index contributed by atoms with van der Waals surface area (Å²) in [5.41, 5.74) is 0.201. The van der Waals surface area contributed by atoms with E-state index in [2.05, 4.69) is 5.32 Å². The Morgan fingerprint density at radius 3 is 2.71 bits per heavy atom. The summed E-state index contributed by atoms with van der Waals surface area (Å²) in [5.74, 6) is -0.0958. The normalized spacial score (nSPS) is 16.7. The van der Waals surface area contributed by atoms with Crippen LogP contribution >= 0.6 is 11.3 Å². The van der Waals surface area contributed by atoms with Gasteiger partial charge in [-0.3, -0.25) is 4.79 Å². The van der Waals surface area contributed by atoms with Crippen molar-refractivity contribution in [2.75, 3.05) is 20.3 Å². The molecule has 0 atom stereocenters. The van der Waals surface area contributed by atoms with Crippen LogP contribution in [-0.2, 0) is 26.0 Å². The van der Waals surface area contributed by atoms with E-state index in [1.54, 1.807) is 13.2 Å². The molecule has 0 radical (unpaired) electrons. The molecular formula is C13H20N2O4S2. The maximum atomic E-state index is 11.9. The van der Waals surface area contributed by atoms with Crippen molar-refractivity contribution in [1.82, 2.24) is 5.32 Å². The van der Waals surface area contributed by atoms with Gasteiger partial charge in [0.15, 0.2) is 0 Å². The molecule has 0 spiro atoms. The molecule has 1 aromatic rings. The third-order valence-electron chi connectivity index (χ3n) is 3.71. The molecule has 1 heterocycles. The molecule has 21 heavy (non-hydrogen) atoms. The Morgan fingerprint density at radius 2 is 2.19 bits per heavy atom. The molecule has 1 fully saturated rings. The number of carbonyl (C=O) groups excluding carboxylic acids is 1. The van der Waals surface area contributed by atoms with Gasteiger partial charge in [-0.25, -0.2) is 13.6 Å². The lowest BCUT2D eigenvalue weighted by atomic mass is 10.0. The number of thiophene rings is 1. The number of hydrogen-bond acceptors (Lipinski definition) is 5. The second-order valence-electron chi connectivity index (χ2n) is 5.46. The minimum absolute atomic E-state index is 0.0871. The lowest BCUT2D eigenvalue weighted by molar-refractivity contribution is -0.120. The Morgan fingerprint density at radius 1 is 1.48 bits per heavy atom. The monoisotopic (exact) mass is 332 g/mol. The first-order chi connectivity index (χ1) is 9.85. The number of rotatable bonds is 8. The van der Waals surface area contributed by atoms with E-state index in [0.29, 0.717) is 18.0 Å². The quantitative estimate of drug-likeness (QED) is 0.738. The largest absolute Gasteiger partial charge is 0.385 e. The zero-order valence-corrected chi connectivity index (χ0v) is 13.6. The predicted molar refractivity (Wildman–Crippen MR) is 80.6 cm³/mol. The number of nitrogens with two attached hydrogens (primary N) is 1. The predicted octanol–water partition coefficient (Wildman–Crippen LogP) is 0.871. The van der Waals surface area contributed by atoms with Gasteiger partial charge in [0.25, 0.3) is 0 Å². The number of methoxy groups -OCH3 is 1. The fraction of sp³-hybridized carbons (Fsp3) is 0.615. The number of amides is 1. The third kappa shape index (κ3) is 4.77. The summed E-state index contributed by atoms with van der Waals surface area (Å²) in [4.78, 5) is 12.6. The highest BCUT2D eigenvalue weighted by molar-refractivity contribution is 7.91. The maximum Gasteiger partial charge on any atom is 0.247 e. The highest BCUT2D eigenvalue weighted by Crippen LogP contribution is 2.48. The van der Waals surface area contributed by atoms with Crippen molar-refractivity contribution in [3.05, 3.63) is 17.0 Å². The molecule has 118 valence electrons. The smallest absolute Gasteiger partial charge is 0.247 e. The Labute approximate surface area is 128 Å². The summed E-state index contributed by atoms with van der Waals surface area (Å²) in [7, 11) is -2.01. The van der Waals surface area contributed by atoms with Crippen molar-refractivity contribution >= 4 is 27.3 Å². The Bertz CT molecular complexity index is 605. The number of ether oxygens (including phenoxy) is 1. The van der Waals surface area contributed by atoms with Gasteiger partial charge in [-0.2, -0.15) is 0 Å². The molecule has 8 heteroatoms. The zero-order chi connectivity index (χ0) is 15.5. The van der Waals surface area contributed by atoms with Crippen LogP contribution in [0.3, 0.4) is 0 Å². The molecule has 2 rings (SSSR count). The summed E-state index contributed by atoms with van der Waals surface area (Å²) in [6.45, 7) is 1.36. The molecule has 6 nitrogen and oxygen atoms in total. The highest BCUT2D eigenvalue weighted by Gasteiger charge is 2.42. The van der Waals surface area contributed by atoms with Crippen LogP contribution in [0.25, 0.3) is 0 Å². The molecule has 0 aliphatic heterocycles. The van der Waals surface area contributed by atoms with Crippen LogP contribution in [-0.4, -0.2) is 34.6 Å². The first-order valence-corrected chi connectivity index (χ1v) is 9.08. The van der Waals surface area contributed by atoms with Gasteiger partial charge in [0, 0.05) is 25.1 Å². The van der Waals surface area contributed by atoms with Crippen LogP contribution in [0.5, 0.6) is 0 Å². The number of carbonyl (C=O) groups is 1. The molecule has 3 N–H and O–H groups in total. The van der Waals surface area contributed by atoms with E-state index in [1.807, 2.05) is 0 Å². The van der Waals surface area contributed by atoms with Gasteiger partial charge in [-0.05, 0) is 36.8 Å². The molecular weight excluding hydrogens is 312 g/mol. The molecule has 1 amide bonds. The summed E-state index contributed by atoms with van der Waals surface area (Å²) in [5, 5.41) is 7.96. The van der Waals surface area contributed by atoms with E-state index in [-0.39, 0.29) is 22.0 Å². The summed E-state index contributed by atoms with van der Waals surface area (Å²) >= 11 is 1.04. The molecule has 1 saturated carbocycles. The Hall–Kier alpha value is -0.960. The van der Waals surface area contributed by atoms with Crippen molar-refractivity contribution in [2.24, 2.45) is 10.6 Å². The standard InChI is InChI=1S/C13H20N2O4S2/c1-19-7-6-13(4-5-13)9-15-11(16)8-10-2-3-12(20-10)21(14,17)18/h2-3H,4-9H2,1H3,(H,15,16)(H2,14,17,18). The summed E-state index contributed by atoms with van der Waals surface area (Å²) < 4.78 is 27.5. The van der Waals surface area contributed by atoms with Crippen LogP contribution < -0.4 is 10.5 Å². The van der Waals surface area contributed by atoms with E-state index in [9.17, 15) is 13.2 Å². The van der Waals surface area contributed by atoms with Crippen LogP contribution in [0, 0.1) is 5.41 Å². The van der Waals surface area contributed by atoms with Crippen molar-refractivity contribution in [3.63, 3.8) is 0 Å². The number of primary sulfonamides is 1. The molecule has 1 aromatic heterocycles.